The number of aryl methyl sites for hydroxylation is 3. The number of ketones is 1. The molecule has 1 saturated heterocycles. The van der Waals surface area contributed by atoms with Crippen LogP contribution in [-0.4, -0.2) is 36.4 Å². The third-order valence-electron chi connectivity index (χ3n) is 6.63. The molecule has 10 heteroatoms. The molecule has 0 radical (unpaired) electrons. The third kappa shape index (κ3) is 4.15. The van der Waals surface area contributed by atoms with Crippen molar-refractivity contribution in [2.75, 3.05) is 4.90 Å². The molecule has 1 aliphatic heterocycles. The maximum absolute atomic E-state index is 13.5. The third-order valence-corrected chi connectivity index (χ3v) is 7.46. The zero-order valence-corrected chi connectivity index (χ0v) is 22.1. The monoisotopic (exact) mass is 537 g/mol. The molecule has 4 heterocycles. The molecular weight excluding hydrogens is 514 g/mol. The Balaban J connectivity index is 1.54. The maximum atomic E-state index is 13.5. The second-order valence-corrected chi connectivity index (χ2v) is 10.4. The Morgan fingerprint density at radius 1 is 0.949 bits per heavy atom. The van der Waals surface area contributed by atoms with Crippen LogP contribution in [0.5, 0.6) is 11.5 Å². The van der Waals surface area contributed by atoms with Crippen molar-refractivity contribution in [3.63, 3.8) is 0 Å². The van der Waals surface area contributed by atoms with Crippen molar-refractivity contribution in [3.05, 3.63) is 106 Å². The maximum Gasteiger partial charge on any atom is 0.301 e. The van der Waals surface area contributed by atoms with E-state index in [0.717, 1.165) is 5.56 Å². The Hall–Kier alpha value is -4.83. The molecule has 0 spiro atoms. The highest BCUT2D eigenvalue weighted by molar-refractivity contribution is 7.15. The van der Waals surface area contributed by atoms with E-state index in [9.17, 15) is 14.7 Å². The number of aromatic nitrogens is 4. The number of anilines is 1. The van der Waals surface area contributed by atoms with Crippen LogP contribution in [0, 0.1) is 20.8 Å². The molecule has 194 valence electrons. The summed E-state index contributed by atoms with van der Waals surface area (Å²) in [7, 11) is 0. The number of pyridine rings is 1. The van der Waals surface area contributed by atoms with E-state index in [1.54, 1.807) is 31.2 Å². The zero-order valence-electron chi connectivity index (χ0n) is 21.3. The molecule has 0 bridgehead atoms. The highest BCUT2D eigenvalue weighted by Gasteiger charge is 2.49. The highest BCUT2D eigenvalue weighted by Crippen LogP contribution is 2.44. The largest absolute Gasteiger partial charge is 0.505 e. The summed E-state index contributed by atoms with van der Waals surface area (Å²) in [6, 6.07) is 19.2. The number of nitrogens with zero attached hydrogens (tertiary/aromatic N) is 5. The average molecular weight is 538 g/mol. The van der Waals surface area contributed by atoms with Gasteiger partial charge in [0.1, 0.15) is 27.8 Å². The van der Waals surface area contributed by atoms with E-state index in [2.05, 4.69) is 15.2 Å². The first-order valence-electron chi connectivity index (χ1n) is 12.2. The molecular formula is C29H23N5O4S. The van der Waals surface area contributed by atoms with Crippen molar-refractivity contribution >= 4 is 39.6 Å². The summed E-state index contributed by atoms with van der Waals surface area (Å²) in [6.45, 7) is 5.49. The minimum Gasteiger partial charge on any atom is -0.505 e. The van der Waals surface area contributed by atoms with E-state index >= 15 is 0 Å². The Bertz CT molecular complexity index is 1790. The topological polar surface area (TPSA) is 110 Å². The van der Waals surface area contributed by atoms with Crippen LogP contribution in [0.15, 0.2) is 78.5 Å². The van der Waals surface area contributed by atoms with Crippen LogP contribution in [0.3, 0.4) is 0 Å². The Morgan fingerprint density at radius 2 is 1.72 bits per heavy atom. The van der Waals surface area contributed by atoms with E-state index in [0.29, 0.717) is 33.4 Å². The number of fused-ring (bicyclic) bond motifs is 1. The van der Waals surface area contributed by atoms with Crippen molar-refractivity contribution in [3.8, 4) is 11.5 Å². The molecule has 0 aliphatic carbocycles. The normalized spacial score (nSPS) is 16.8. The summed E-state index contributed by atoms with van der Waals surface area (Å²) in [6.07, 6.45) is 1.84. The number of benzene rings is 2. The number of imidazole rings is 1. The first kappa shape index (κ1) is 24.5. The molecule has 1 unspecified atom stereocenters. The SMILES string of the molecule is Cc1nnc(N2C(=O)C(=O)C(=C(O)c3nc4c(C)cccn4c3C)C2c2cccc(Oc3ccccc3)c2)s1. The second-order valence-electron chi connectivity index (χ2n) is 9.19. The Morgan fingerprint density at radius 3 is 2.44 bits per heavy atom. The molecule has 1 amide bonds. The molecule has 1 fully saturated rings. The van der Waals surface area contributed by atoms with Gasteiger partial charge in [-0.15, -0.1) is 10.2 Å². The van der Waals surface area contributed by atoms with Crippen molar-refractivity contribution in [1.82, 2.24) is 19.6 Å². The number of amides is 1. The summed E-state index contributed by atoms with van der Waals surface area (Å²) < 4.78 is 7.87. The van der Waals surface area contributed by atoms with Crippen LogP contribution < -0.4 is 9.64 Å². The molecule has 1 N–H and O–H groups in total. The standard InChI is InChI=1S/C29H23N5O4S/c1-16-9-8-14-33-17(2)23(30-27(16)33)25(35)22-24(34(28(37)26(22)36)29-32-31-18(3)39-29)19-10-7-13-21(15-19)38-20-11-5-4-6-12-20/h4-15,24,35H,1-3H3. The van der Waals surface area contributed by atoms with Crippen molar-refractivity contribution in [2.24, 2.45) is 0 Å². The molecule has 6 rings (SSSR count). The van der Waals surface area contributed by atoms with Crippen LogP contribution in [0.25, 0.3) is 11.4 Å². The smallest absolute Gasteiger partial charge is 0.301 e. The predicted octanol–water partition coefficient (Wildman–Crippen LogP) is 5.53. The lowest BCUT2D eigenvalue weighted by atomic mass is 9.96. The summed E-state index contributed by atoms with van der Waals surface area (Å²) in [5.41, 5.74) is 2.93. The summed E-state index contributed by atoms with van der Waals surface area (Å²) in [5, 5.41) is 20.7. The number of para-hydroxylation sites is 1. The van der Waals surface area contributed by atoms with Crippen LogP contribution in [0.1, 0.15) is 33.6 Å². The number of rotatable bonds is 5. The molecule has 5 aromatic rings. The van der Waals surface area contributed by atoms with Gasteiger partial charge in [0.15, 0.2) is 5.76 Å². The molecule has 39 heavy (non-hydrogen) atoms. The molecule has 1 atom stereocenters. The van der Waals surface area contributed by atoms with Gasteiger partial charge in [0.05, 0.1) is 17.3 Å². The van der Waals surface area contributed by atoms with Crippen molar-refractivity contribution < 1.29 is 19.4 Å². The fraction of sp³-hybridized carbons (Fsp3) is 0.138. The quantitative estimate of drug-likeness (QED) is 0.178. The van der Waals surface area contributed by atoms with E-state index in [4.69, 9.17) is 4.74 Å². The summed E-state index contributed by atoms with van der Waals surface area (Å²) >= 11 is 1.19. The van der Waals surface area contributed by atoms with Crippen LogP contribution in [0.4, 0.5) is 5.13 Å². The molecule has 1 aliphatic rings. The summed E-state index contributed by atoms with van der Waals surface area (Å²) in [4.78, 5) is 32.9. The lowest BCUT2D eigenvalue weighted by Crippen LogP contribution is -2.29. The van der Waals surface area contributed by atoms with E-state index < -0.39 is 17.7 Å². The van der Waals surface area contributed by atoms with Crippen LogP contribution in [0.2, 0.25) is 0 Å². The van der Waals surface area contributed by atoms with Gasteiger partial charge in [0.2, 0.25) is 5.13 Å². The van der Waals surface area contributed by atoms with E-state index in [1.807, 2.05) is 66.9 Å². The first-order chi connectivity index (χ1) is 18.8. The predicted molar refractivity (Wildman–Crippen MR) is 147 cm³/mol. The number of carbonyl (C=O) groups excluding carboxylic acids is 2. The van der Waals surface area contributed by atoms with Gasteiger partial charge in [-0.2, -0.15) is 0 Å². The van der Waals surface area contributed by atoms with Gasteiger partial charge in [-0.3, -0.25) is 14.5 Å². The first-order valence-corrected chi connectivity index (χ1v) is 13.0. The number of hydrogen-bond donors (Lipinski definition) is 1. The number of Topliss-reactive ketones (excluding diaryl/α,β-unsaturated/α-hetero) is 1. The summed E-state index contributed by atoms with van der Waals surface area (Å²) in [5.74, 6) is -0.828. The Labute approximate surface area is 227 Å². The molecule has 2 aromatic carbocycles. The minimum atomic E-state index is -0.970. The number of carbonyl (C=O) groups is 2. The highest BCUT2D eigenvalue weighted by atomic mass is 32.1. The molecule has 0 saturated carbocycles. The van der Waals surface area contributed by atoms with E-state index in [-0.39, 0.29) is 22.2 Å². The average Bonchev–Trinajstić information content (AvgIpc) is 3.59. The lowest BCUT2D eigenvalue weighted by molar-refractivity contribution is -0.132. The minimum absolute atomic E-state index is 0.0751. The lowest BCUT2D eigenvalue weighted by Gasteiger charge is -2.23. The van der Waals surface area contributed by atoms with Crippen LogP contribution >= 0.6 is 11.3 Å². The van der Waals surface area contributed by atoms with Gasteiger partial charge in [0.25, 0.3) is 5.78 Å². The number of ether oxygens (including phenoxy) is 1. The van der Waals surface area contributed by atoms with Gasteiger partial charge in [0, 0.05) is 6.20 Å². The van der Waals surface area contributed by atoms with Crippen LogP contribution in [-0.2, 0) is 9.59 Å². The fourth-order valence-electron chi connectivity index (χ4n) is 4.78. The van der Waals surface area contributed by atoms with Gasteiger partial charge in [-0.05, 0) is 62.2 Å². The number of hydrogen-bond acceptors (Lipinski definition) is 8. The van der Waals surface area contributed by atoms with E-state index in [1.165, 1.54) is 16.2 Å². The number of aliphatic hydroxyl groups is 1. The van der Waals surface area contributed by atoms with Crippen molar-refractivity contribution in [1.29, 1.82) is 0 Å². The van der Waals surface area contributed by atoms with Gasteiger partial charge in [-0.25, -0.2) is 4.98 Å². The second kappa shape index (κ2) is 9.48. The number of aliphatic hydroxyl groups excluding tert-OH is 1. The molecule has 9 nitrogen and oxygen atoms in total. The molecule has 3 aromatic heterocycles. The zero-order chi connectivity index (χ0) is 27.3. The van der Waals surface area contributed by atoms with Crippen molar-refractivity contribution in [2.45, 2.75) is 26.8 Å². The van der Waals surface area contributed by atoms with Gasteiger partial charge >= 0.3 is 5.91 Å². The Kier molecular flexibility index (Phi) is 5.96. The van der Waals surface area contributed by atoms with Gasteiger partial charge < -0.3 is 14.2 Å². The van der Waals surface area contributed by atoms with Gasteiger partial charge in [-0.1, -0.05) is 47.7 Å². The fourth-order valence-corrected chi connectivity index (χ4v) is 5.49.